The van der Waals surface area contributed by atoms with Gasteiger partial charge in [-0.15, -0.1) is 0 Å². The normalized spacial score (nSPS) is 22.6. The molecule has 20 heavy (non-hydrogen) atoms. The molecule has 1 aliphatic carbocycles. The molecule has 106 valence electrons. The maximum Gasteiger partial charge on any atom is 0.298 e. The minimum Gasteiger partial charge on any atom is -0.425 e. The third-order valence-corrected chi connectivity index (χ3v) is 4.04. The highest BCUT2D eigenvalue weighted by Crippen LogP contribution is 2.33. The lowest BCUT2D eigenvalue weighted by Gasteiger charge is -2.30. The molecule has 6 heteroatoms. The first-order valence-corrected chi connectivity index (χ1v) is 6.98. The molecule has 0 aromatic carbocycles. The van der Waals surface area contributed by atoms with Crippen LogP contribution < -0.4 is 10.1 Å². The molecule has 1 N–H and O–H groups in total. The molecular weight excluding hydrogens is 256 g/mol. The molecule has 0 saturated heterocycles. The van der Waals surface area contributed by atoms with E-state index in [1.54, 1.807) is 23.2 Å². The fourth-order valence-electron chi connectivity index (χ4n) is 2.87. The van der Waals surface area contributed by atoms with Crippen LogP contribution in [-0.2, 0) is 4.79 Å². The van der Waals surface area contributed by atoms with Crippen LogP contribution in [0.4, 0.5) is 5.69 Å². The second-order valence-electron chi connectivity index (χ2n) is 5.33. The maximum atomic E-state index is 10.7. The highest BCUT2D eigenvalue weighted by molar-refractivity contribution is 5.78. The van der Waals surface area contributed by atoms with E-state index in [1.807, 2.05) is 0 Å². The van der Waals surface area contributed by atoms with Crippen molar-refractivity contribution < 1.29 is 9.53 Å². The topological polar surface area (TPSA) is 68.5 Å². The van der Waals surface area contributed by atoms with E-state index in [2.05, 4.69) is 22.3 Å². The highest BCUT2D eigenvalue weighted by Gasteiger charge is 2.23. The second kappa shape index (κ2) is 5.48. The van der Waals surface area contributed by atoms with Gasteiger partial charge in [-0.2, -0.15) is 5.10 Å². The molecule has 1 aliphatic rings. The smallest absolute Gasteiger partial charge is 0.298 e. The van der Waals surface area contributed by atoms with Gasteiger partial charge in [-0.3, -0.25) is 4.79 Å². The molecule has 1 fully saturated rings. The van der Waals surface area contributed by atoms with Crippen LogP contribution in [0.3, 0.4) is 0 Å². The number of imidazole rings is 1. The third-order valence-electron chi connectivity index (χ3n) is 4.04. The number of hydrogen-bond acceptors (Lipinski definition) is 5. The van der Waals surface area contributed by atoms with Gasteiger partial charge >= 0.3 is 0 Å². The summed E-state index contributed by atoms with van der Waals surface area (Å²) in [5, 5.41) is 7.69. The lowest BCUT2D eigenvalue weighted by Crippen LogP contribution is -2.30. The fourth-order valence-corrected chi connectivity index (χ4v) is 2.87. The Labute approximate surface area is 117 Å². The number of nitrogens with one attached hydrogen (secondary N) is 1. The summed E-state index contributed by atoms with van der Waals surface area (Å²) in [6.45, 7) is 2.69. The Morgan fingerprint density at radius 1 is 1.40 bits per heavy atom. The van der Waals surface area contributed by atoms with Crippen LogP contribution in [0.15, 0.2) is 18.7 Å². The van der Waals surface area contributed by atoms with Crippen LogP contribution in [0.5, 0.6) is 5.75 Å². The predicted octanol–water partition coefficient (Wildman–Crippen LogP) is 2.26. The van der Waals surface area contributed by atoms with Crippen LogP contribution >= 0.6 is 0 Å². The molecule has 0 amide bonds. The van der Waals surface area contributed by atoms with Crippen LogP contribution in [-0.4, -0.2) is 27.1 Å². The molecule has 1 saturated carbocycles. The van der Waals surface area contributed by atoms with Crippen molar-refractivity contribution in [3.8, 4) is 5.75 Å². The lowest BCUT2D eigenvalue weighted by molar-refractivity contribution is -0.120. The standard InChI is InChI=1S/C14H18N4O2/c1-10-4-2-3-5-11(10)17-14-12-6-15-8-18(12)16-7-13(14)20-9-19/h6-11,17H,2-5H2,1H3. The van der Waals surface area contributed by atoms with E-state index in [9.17, 15) is 4.79 Å². The number of carbonyl (C=O) groups excluding carboxylic acids is 1. The minimum absolute atomic E-state index is 0.388. The molecule has 3 rings (SSSR count). The van der Waals surface area contributed by atoms with Crippen molar-refractivity contribution in [1.29, 1.82) is 0 Å². The van der Waals surface area contributed by atoms with E-state index in [-0.39, 0.29) is 0 Å². The van der Waals surface area contributed by atoms with E-state index in [4.69, 9.17) is 4.74 Å². The van der Waals surface area contributed by atoms with Gasteiger partial charge in [0.15, 0.2) is 5.75 Å². The van der Waals surface area contributed by atoms with Gasteiger partial charge in [0, 0.05) is 6.04 Å². The summed E-state index contributed by atoms with van der Waals surface area (Å²) >= 11 is 0. The first kappa shape index (κ1) is 12.9. The average Bonchev–Trinajstić information content (AvgIpc) is 2.92. The van der Waals surface area contributed by atoms with Crippen molar-refractivity contribution in [3.05, 3.63) is 18.7 Å². The Hall–Kier alpha value is -2.11. The number of hydrogen-bond donors (Lipinski definition) is 1. The second-order valence-corrected chi connectivity index (χ2v) is 5.33. The summed E-state index contributed by atoms with van der Waals surface area (Å²) in [5.74, 6) is 1.05. The molecule has 0 aliphatic heterocycles. The maximum absolute atomic E-state index is 10.7. The van der Waals surface area contributed by atoms with Gasteiger partial charge in [0.1, 0.15) is 17.5 Å². The molecule has 2 heterocycles. The van der Waals surface area contributed by atoms with E-state index in [0.29, 0.717) is 24.2 Å². The monoisotopic (exact) mass is 274 g/mol. The largest absolute Gasteiger partial charge is 0.425 e. The Morgan fingerprint density at radius 2 is 2.25 bits per heavy atom. The van der Waals surface area contributed by atoms with Gasteiger partial charge in [0.25, 0.3) is 6.47 Å². The summed E-state index contributed by atoms with van der Waals surface area (Å²) < 4.78 is 6.72. The molecule has 2 aromatic heterocycles. The van der Waals surface area contributed by atoms with Crippen molar-refractivity contribution in [1.82, 2.24) is 14.6 Å². The molecule has 2 unspecified atom stereocenters. The number of nitrogens with zero attached hydrogens (tertiary/aromatic N) is 3. The first-order valence-electron chi connectivity index (χ1n) is 6.98. The SMILES string of the molecule is CC1CCCCC1Nc1c(OC=O)cnn2cncc12. The zero-order chi connectivity index (χ0) is 13.9. The summed E-state index contributed by atoms with van der Waals surface area (Å²) in [5.41, 5.74) is 1.62. The highest BCUT2D eigenvalue weighted by atomic mass is 16.5. The number of anilines is 1. The van der Waals surface area contributed by atoms with Crippen molar-refractivity contribution in [2.45, 2.75) is 38.6 Å². The molecule has 0 spiro atoms. The van der Waals surface area contributed by atoms with Crippen LogP contribution in [0.1, 0.15) is 32.6 Å². The van der Waals surface area contributed by atoms with Crippen molar-refractivity contribution >= 4 is 17.7 Å². The van der Waals surface area contributed by atoms with Gasteiger partial charge in [0.05, 0.1) is 12.4 Å². The molecule has 0 bridgehead atoms. The van der Waals surface area contributed by atoms with Gasteiger partial charge in [-0.25, -0.2) is 9.50 Å². The van der Waals surface area contributed by atoms with Crippen molar-refractivity contribution in [2.24, 2.45) is 5.92 Å². The fraction of sp³-hybridized carbons (Fsp3) is 0.500. The number of fused-ring (bicyclic) bond motifs is 1. The Balaban J connectivity index is 1.96. The number of ether oxygens (including phenoxy) is 1. The molecule has 2 atom stereocenters. The zero-order valence-corrected chi connectivity index (χ0v) is 11.5. The van der Waals surface area contributed by atoms with E-state index < -0.39 is 0 Å². The van der Waals surface area contributed by atoms with Crippen molar-refractivity contribution in [3.63, 3.8) is 0 Å². The average molecular weight is 274 g/mol. The minimum atomic E-state index is 0.388. The number of aromatic nitrogens is 3. The third kappa shape index (κ3) is 2.33. The first-order chi connectivity index (χ1) is 9.79. The lowest BCUT2D eigenvalue weighted by atomic mass is 9.86. The van der Waals surface area contributed by atoms with Crippen LogP contribution in [0.2, 0.25) is 0 Å². The molecular formula is C14H18N4O2. The quantitative estimate of drug-likeness (QED) is 0.866. The van der Waals surface area contributed by atoms with Gasteiger partial charge in [0.2, 0.25) is 0 Å². The predicted molar refractivity (Wildman–Crippen MR) is 74.7 cm³/mol. The summed E-state index contributed by atoms with van der Waals surface area (Å²) in [4.78, 5) is 14.7. The molecule has 2 aromatic rings. The van der Waals surface area contributed by atoms with Crippen LogP contribution in [0, 0.1) is 5.92 Å². The Morgan fingerprint density at radius 3 is 3.05 bits per heavy atom. The molecule has 6 nitrogen and oxygen atoms in total. The van der Waals surface area contributed by atoms with Gasteiger partial charge in [-0.05, 0) is 18.8 Å². The van der Waals surface area contributed by atoms with E-state index in [1.165, 1.54) is 19.3 Å². The van der Waals surface area contributed by atoms with E-state index in [0.717, 1.165) is 17.6 Å². The summed E-state index contributed by atoms with van der Waals surface area (Å²) in [6.07, 6.45) is 9.77. The van der Waals surface area contributed by atoms with Gasteiger partial charge in [-0.1, -0.05) is 19.8 Å². The van der Waals surface area contributed by atoms with Crippen LogP contribution in [0.25, 0.3) is 5.52 Å². The van der Waals surface area contributed by atoms with Gasteiger partial charge < -0.3 is 10.1 Å². The number of rotatable bonds is 4. The summed E-state index contributed by atoms with van der Waals surface area (Å²) in [7, 11) is 0. The Bertz CT molecular complexity index is 610. The van der Waals surface area contributed by atoms with Crippen molar-refractivity contribution in [2.75, 3.05) is 5.32 Å². The zero-order valence-electron chi connectivity index (χ0n) is 11.5. The summed E-state index contributed by atoms with van der Waals surface area (Å²) in [6, 6.07) is 0.388. The van der Waals surface area contributed by atoms with E-state index >= 15 is 0 Å². The Kier molecular flexibility index (Phi) is 3.54. The molecule has 0 radical (unpaired) electrons. The number of carbonyl (C=O) groups is 1.